The minimum Gasteiger partial charge on any atom is -0.345 e. The van der Waals surface area contributed by atoms with Crippen molar-refractivity contribution >= 4 is 17.5 Å². The molecule has 0 unspecified atom stereocenters. The highest BCUT2D eigenvalue weighted by Gasteiger charge is 2.19. The smallest absolute Gasteiger partial charge is 0.240 e. The average Bonchev–Trinajstić information content (AvgIpc) is 2.97. The molecule has 0 aliphatic carbocycles. The van der Waals surface area contributed by atoms with E-state index in [2.05, 4.69) is 6.92 Å². The van der Waals surface area contributed by atoms with Gasteiger partial charge in [0.05, 0.1) is 6.54 Å². The number of amides is 1. The zero-order chi connectivity index (χ0) is 17.5. The van der Waals surface area contributed by atoms with Gasteiger partial charge in [0, 0.05) is 25.0 Å². The molecule has 1 aromatic heterocycles. The molecule has 1 aromatic carbocycles. The molecule has 0 aliphatic rings. The summed E-state index contributed by atoms with van der Waals surface area (Å²) >= 11 is 5.99. The Hall–Kier alpha value is -1.81. The van der Waals surface area contributed by atoms with Crippen molar-refractivity contribution in [3.05, 3.63) is 59.7 Å². The van der Waals surface area contributed by atoms with Gasteiger partial charge in [-0.2, -0.15) is 0 Å². The third kappa shape index (κ3) is 5.10. The third-order valence-electron chi connectivity index (χ3n) is 3.95. The standard InChI is InChI=1S/C19H24ClFN2O/c1-3-4-10-23(19(24)15(2)20)14-18-9-6-11-22(18)13-16-7-5-8-17(21)12-16/h5-9,11-12,15H,3-4,10,13-14H2,1-2H3/t15-/m0/s1. The molecule has 0 saturated carbocycles. The highest BCUT2D eigenvalue weighted by atomic mass is 35.5. The van der Waals surface area contributed by atoms with Crippen LogP contribution in [-0.2, 0) is 17.9 Å². The van der Waals surface area contributed by atoms with E-state index < -0.39 is 5.38 Å². The quantitative estimate of drug-likeness (QED) is 0.646. The number of carbonyl (C=O) groups is 1. The summed E-state index contributed by atoms with van der Waals surface area (Å²) in [7, 11) is 0. The molecule has 130 valence electrons. The molecule has 0 aliphatic heterocycles. The summed E-state index contributed by atoms with van der Waals surface area (Å²) in [5.74, 6) is -0.291. The van der Waals surface area contributed by atoms with Gasteiger partial charge in [0.25, 0.3) is 0 Å². The molecule has 2 rings (SSSR count). The summed E-state index contributed by atoms with van der Waals surface area (Å²) in [6.45, 7) is 5.58. The van der Waals surface area contributed by atoms with Gasteiger partial charge in [-0.25, -0.2) is 4.39 Å². The molecule has 0 spiro atoms. The maximum absolute atomic E-state index is 13.4. The van der Waals surface area contributed by atoms with Crippen LogP contribution in [0.25, 0.3) is 0 Å². The number of alkyl halides is 1. The average molecular weight is 351 g/mol. The largest absolute Gasteiger partial charge is 0.345 e. The Balaban J connectivity index is 2.13. The zero-order valence-electron chi connectivity index (χ0n) is 14.2. The monoisotopic (exact) mass is 350 g/mol. The van der Waals surface area contributed by atoms with Crippen LogP contribution in [0.4, 0.5) is 4.39 Å². The number of carbonyl (C=O) groups excluding carboxylic acids is 1. The molecule has 0 fully saturated rings. The first-order valence-electron chi connectivity index (χ1n) is 8.32. The number of nitrogens with zero attached hydrogens (tertiary/aromatic N) is 2. The van der Waals surface area contributed by atoms with Crippen LogP contribution < -0.4 is 0 Å². The van der Waals surface area contributed by atoms with E-state index in [1.54, 1.807) is 17.9 Å². The van der Waals surface area contributed by atoms with Gasteiger partial charge in [-0.3, -0.25) is 4.79 Å². The molecule has 1 atom stereocenters. The second kappa shape index (κ2) is 8.88. The van der Waals surface area contributed by atoms with Crippen molar-refractivity contribution in [1.82, 2.24) is 9.47 Å². The molecule has 0 radical (unpaired) electrons. The maximum atomic E-state index is 13.4. The maximum Gasteiger partial charge on any atom is 0.240 e. The van der Waals surface area contributed by atoms with Crippen LogP contribution in [0.5, 0.6) is 0 Å². The first kappa shape index (κ1) is 18.5. The van der Waals surface area contributed by atoms with Gasteiger partial charge in [0.1, 0.15) is 11.2 Å². The van der Waals surface area contributed by atoms with E-state index >= 15 is 0 Å². The van der Waals surface area contributed by atoms with E-state index in [0.717, 1.165) is 24.1 Å². The molecule has 3 nitrogen and oxygen atoms in total. The Kier molecular flexibility index (Phi) is 6.85. The number of hydrogen-bond acceptors (Lipinski definition) is 1. The minimum absolute atomic E-state index is 0.0522. The van der Waals surface area contributed by atoms with Crippen molar-refractivity contribution in [3.63, 3.8) is 0 Å². The van der Waals surface area contributed by atoms with E-state index in [1.807, 2.05) is 29.0 Å². The van der Waals surface area contributed by atoms with Crippen LogP contribution in [0, 0.1) is 5.82 Å². The van der Waals surface area contributed by atoms with Gasteiger partial charge < -0.3 is 9.47 Å². The lowest BCUT2D eigenvalue weighted by Crippen LogP contribution is -2.36. The van der Waals surface area contributed by atoms with Crippen LogP contribution in [-0.4, -0.2) is 27.3 Å². The van der Waals surface area contributed by atoms with E-state index in [9.17, 15) is 9.18 Å². The lowest BCUT2D eigenvalue weighted by atomic mass is 10.2. The predicted octanol–water partition coefficient (Wildman–Crippen LogP) is 4.43. The summed E-state index contributed by atoms with van der Waals surface area (Å²) in [5.41, 5.74) is 1.91. The first-order valence-corrected chi connectivity index (χ1v) is 8.76. The van der Waals surface area contributed by atoms with Gasteiger partial charge in [-0.1, -0.05) is 25.5 Å². The van der Waals surface area contributed by atoms with Crippen molar-refractivity contribution in [2.45, 2.75) is 45.2 Å². The van der Waals surface area contributed by atoms with Crippen LogP contribution in [0.1, 0.15) is 37.9 Å². The van der Waals surface area contributed by atoms with Crippen molar-refractivity contribution < 1.29 is 9.18 Å². The second-order valence-corrected chi connectivity index (χ2v) is 6.64. The highest BCUT2D eigenvalue weighted by molar-refractivity contribution is 6.30. The van der Waals surface area contributed by atoms with Gasteiger partial charge >= 0.3 is 0 Å². The number of hydrogen-bond donors (Lipinski definition) is 0. The molecular weight excluding hydrogens is 327 g/mol. The lowest BCUT2D eigenvalue weighted by molar-refractivity contribution is -0.131. The Morgan fingerprint density at radius 2 is 2.12 bits per heavy atom. The molecule has 2 aromatic rings. The Bertz CT molecular complexity index is 669. The zero-order valence-corrected chi connectivity index (χ0v) is 15.0. The van der Waals surface area contributed by atoms with E-state index in [4.69, 9.17) is 11.6 Å². The molecule has 0 bridgehead atoms. The summed E-state index contributed by atoms with van der Waals surface area (Å²) in [6.07, 6.45) is 3.91. The molecule has 1 heterocycles. The number of aromatic nitrogens is 1. The van der Waals surface area contributed by atoms with E-state index in [-0.39, 0.29) is 11.7 Å². The fourth-order valence-electron chi connectivity index (χ4n) is 2.64. The Morgan fingerprint density at radius 1 is 1.33 bits per heavy atom. The highest BCUT2D eigenvalue weighted by Crippen LogP contribution is 2.14. The molecule has 1 amide bonds. The van der Waals surface area contributed by atoms with Crippen LogP contribution in [0.15, 0.2) is 42.6 Å². The summed E-state index contributed by atoms with van der Waals surface area (Å²) in [4.78, 5) is 14.1. The van der Waals surface area contributed by atoms with Crippen molar-refractivity contribution in [1.29, 1.82) is 0 Å². The van der Waals surface area contributed by atoms with Crippen molar-refractivity contribution in [3.8, 4) is 0 Å². The van der Waals surface area contributed by atoms with Crippen molar-refractivity contribution in [2.75, 3.05) is 6.54 Å². The SMILES string of the molecule is CCCCN(Cc1cccn1Cc1cccc(F)c1)C(=O)[C@H](C)Cl. The summed E-state index contributed by atoms with van der Waals surface area (Å²) in [6, 6.07) is 10.5. The molecule has 0 saturated heterocycles. The minimum atomic E-state index is -0.534. The summed E-state index contributed by atoms with van der Waals surface area (Å²) in [5, 5.41) is -0.534. The number of halogens is 2. The number of rotatable bonds is 8. The van der Waals surface area contributed by atoms with E-state index in [0.29, 0.717) is 19.6 Å². The lowest BCUT2D eigenvalue weighted by Gasteiger charge is -2.24. The summed E-state index contributed by atoms with van der Waals surface area (Å²) < 4.78 is 15.4. The van der Waals surface area contributed by atoms with Gasteiger partial charge in [-0.05, 0) is 43.2 Å². The number of benzene rings is 1. The second-order valence-electron chi connectivity index (χ2n) is 5.99. The number of unbranched alkanes of at least 4 members (excludes halogenated alkanes) is 1. The first-order chi connectivity index (χ1) is 11.5. The third-order valence-corrected chi connectivity index (χ3v) is 4.14. The Morgan fingerprint density at radius 3 is 2.79 bits per heavy atom. The molecule has 24 heavy (non-hydrogen) atoms. The van der Waals surface area contributed by atoms with Gasteiger partial charge in [0.15, 0.2) is 0 Å². The normalized spacial score (nSPS) is 12.2. The van der Waals surface area contributed by atoms with Crippen LogP contribution >= 0.6 is 11.6 Å². The molecule has 0 N–H and O–H groups in total. The topological polar surface area (TPSA) is 25.2 Å². The molecule has 5 heteroatoms. The van der Waals surface area contributed by atoms with Gasteiger partial charge in [0.2, 0.25) is 5.91 Å². The fourth-order valence-corrected chi connectivity index (χ4v) is 2.78. The van der Waals surface area contributed by atoms with Crippen LogP contribution in [0.2, 0.25) is 0 Å². The van der Waals surface area contributed by atoms with Crippen molar-refractivity contribution in [2.24, 2.45) is 0 Å². The predicted molar refractivity (Wildman–Crippen MR) is 95.6 cm³/mol. The fraction of sp³-hybridized carbons (Fsp3) is 0.421. The van der Waals surface area contributed by atoms with E-state index in [1.165, 1.54) is 12.1 Å². The van der Waals surface area contributed by atoms with Gasteiger partial charge in [-0.15, -0.1) is 11.6 Å². The Labute approximate surface area is 148 Å². The molecular formula is C19H24ClFN2O. The van der Waals surface area contributed by atoms with Crippen LogP contribution in [0.3, 0.4) is 0 Å².